The molecule has 0 atom stereocenters. The van der Waals surface area contributed by atoms with Gasteiger partial charge in [0.2, 0.25) is 0 Å². The molecule has 5 heteroatoms. The molecule has 0 unspecified atom stereocenters. The smallest absolute Gasteiger partial charge is 0.123 e. The largest absolute Gasteiger partial charge is 0.496 e. The lowest BCUT2D eigenvalue weighted by Crippen LogP contribution is -2.06. The minimum absolute atomic E-state index is 0.463. The number of nitriles is 1. The third-order valence-corrected chi connectivity index (χ3v) is 4.93. The fourth-order valence-electron chi connectivity index (χ4n) is 3.60. The molecule has 4 rings (SSSR count). The summed E-state index contributed by atoms with van der Waals surface area (Å²) >= 11 is 0. The lowest BCUT2D eigenvalue weighted by atomic mass is 10.0. The Balaban J connectivity index is 2.06. The molecule has 140 valence electrons. The second kappa shape index (κ2) is 6.97. The van der Waals surface area contributed by atoms with E-state index in [4.69, 9.17) is 15.1 Å². The van der Waals surface area contributed by atoms with E-state index in [2.05, 4.69) is 31.0 Å². The van der Waals surface area contributed by atoms with Gasteiger partial charge in [-0.3, -0.25) is 9.67 Å². The minimum Gasteiger partial charge on any atom is -0.496 e. The zero-order valence-electron chi connectivity index (χ0n) is 16.5. The van der Waals surface area contributed by atoms with E-state index in [9.17, 15) is 0 Å². The molecule has 0 amide bonds. The summed E-state index contributed by atoms with van der Waals surface area (Å²) in [5.41, 5.74) is 5.51. The van der Waals surface area contributed by atoms with Crippen LogP contribution in [-0.4, -0.2) is 21.9 Å². The van der Waals surface area contributed by atoms with Crippen LogP contribution in [0.2, 0.25) is 0 Å². The van der Waals surface area contributed by atoms with Gasteiger partial charge in [-0.15, -0.1) is 0 Å². The van der Waals surface area contributed by atoms with Crippen molar-refractivity contribution < 1.29 is 4.74 Å². The summed E-state index contributed by atoms with van der Waals surface area (Å²) in [6.07, 6.45) is 1.90. The SMILES string of the molecule is COc1cc2ncc3c(c(-c4ccc(C#N)cc4)nn3CC(C)C)c2cc1C. The van der Waals surface area contributed by atoms with E-state index >= 15 is 0 Å². The van der Waals surface area contributed by atoms with Crippen LogP contribution >= 0.6 is 0 Å². The number of methoxy groups -OCH3 is 1. The van der Waals surface area contributed by atoms with Crippen molar-refractivity contribution in [3.05, 3.63) is 53.7 Å². The number of hydrogen-bond acceptors (Lipinski definition) is 4. The molecule has 0 aliphatic carbocycles. The van der Waals surface area contributed by atoms with E-state index in [0.29, 0.717) is 11.5 Å². The number of aryl methyl sites for hydroxylation is 1. The van der Waals surface area contributed by atoms with Gasteiger partial charge >= 0.3 is 0 Å². The number of ether oxygens (including phenoxy) is 1. The standard InChI is InChI=1S/C23H22N4O/c1-14(2)13-27-20-12-25-19-10-21(28-4)15(3)9-18(19)22(20)23(26-27)17-7-5-16(11-24)6-8-17/h5-10,12,14H,13H2,1-4H3. The maximum atomic E-state index is 9.11. The van der Waals surface area contributed by atoms with Crippen molar-refractivity contribution in [2.24, 2.45) is 5.92 Å². The molecule has 0 bridgehead atoms. The predicted molar refractivity (Wildman–Crippen MR) is 111 cm³/mol. The Morgan fingerprint density at radius 1 is 1.18 bits per heavy atom. The molecule has 0 fully saturated rings. The first-order valence-electron chi connectivity index (χ1n) is 9.36. The Morgan fingerprint density at radius 3 is 2.57 bits per heavy atom. The summed E-state index contributed by atoms with van der Waals surface area (Å²) in [5.74, 6) is 1.29. The number of nitrogens with zero attached hydrogens (tertiary/aromatic N) is 4. The molecule has 2 aromatic heterocycles. The molecule has 0 aliphatic heterocycles. The van der Waals surface area contributed by atoms with E-state index in [0.717, 1.165) is 50.9 Å². The molecule has 0 aliphatic rings. The molecule has 5 nitrogen and oxygen atoms in total. The summed E-state index contributed by atoms with van der Waals surface area (Å²) in [5, 5.41) is 16.2. The summed E-state index contributed by atoms with van der Waals surface area (Å²) < 4.78 is 7.51. The quantitative estimate of drug-likeness (QED) is 0.501. The van der Waals surface area contributed by atoms with Gasteiger partial charge in [-0.2, -0.15) is 10.4 Å². The number of pyridine rings is 1. The van der Waals surface area contributed by atoms with Crippen LogP contribution in [0.4, 0.5) is 0 Å². The Labute approximate surface area is 164 Å². The van der Waals surface area contributed by atoms with Gasteiger partial charge in [-0.1, -0.05) is 26.0 Å². The average Bonchev–Trinajstić information content (AvgIpc) is 3.05. The first kappa shape index (κ1) is 18.0. The summed E-state index contributed by atoms with van der Waals surface area (Å²) in [7, 11) is 1.68. The van der Waals surface area contributed by atoms with Crippen LogP contribution in [0, 0.1) is 24.2 Å². The van der Waals surface area contributed by atoms with Crippen molar-refractivity contribution in [2.75, 3.05) is 7.11 Å². The third kappa shape index (κ3) is 2.97. The number of benzene rings is 2. The second-order valence-electron chi connectivity index (χ2n) is 7.47. The number of rotatable bonds is 4. The van der Waals surface area contributed by atoms with Gasteiger partial charge in [-0.05, 0) is 36.6 Å². The molecule has 28 heavy (non-hydrogen) atoms. The van der Waals surface area contributed by atoms with Crippen molar-refractivity contribution in [3.8, 4) is 23.1 Å². The van der Waals surface area contributed by atoms with Crippen molar-refractivity contribution >= 4 is 21.8 Å². The molecule has 0 spiro atoms. The Kier molecular flexibility index (Phi) is 4.48. The number of aromatic nitrogens is 3. The van der Waals surface area contributed by atoms with Crippen LogP contribution in [0.25, 0.3) is 33.1 Å². The molecule has 2 heterocycles. The fraction of sp³-hybridized carbons (Fsp3) is 0.261. The number of fused-ring (bicyclic) bond motifs is 3. The molecule has 4 aromatic rings. The summed E-state index contributed by atoms with van der Waals surface area (Å²) in [6, 6.07) is 13.9. The van der Waals surface area contributed by atoms with E-state index in [1.54, 1.807) is 7.11 Å². The van der Waals surface area contributed by atoms with Crippen molar-refractivity contribution in [2.45, 2.75) is 27.3 Å². The molecule has 0 radical (unpaired) electrons. The van der Waals surface area contributed by atoms with Crippen molar-refractivity contribution in [1.29, 1.82) is 5.26 Å². The fourth-order valence-corrected chi connectivity index (χ4v) is 3.60. The van der Waals surface area contributed by atoms with Gasteiger partial charge in [0, 0.05) is 28.9 Å². The summed E-state index contributed by atoms with van der Waals surface area (Å²) in [6.45, 7) is 7.21. The van der Waals surface area contributed by atoms with Gasteiger partial charge < -0.3 is 4.74 Å². The van der Waals surface area contributed by atoms with Crippen LogP contribution in [0.15, 0.2) is 42.6 Å². The Bertz CT molecular complexity index is 1210. The normalized spacial score (nSPS) is 11.3. The van der Waals surface area contributed by atoms with Crippen molar-refractivity contribution in [1.82, 2.24) is 14.8 Å². The zero-order valence-corrected chi connectivity index (χ0v) is 16.5. The maximum absolute atomic E-state index is 9.11. The Hall–Kier alpha value is -3.39. The topological polar surface area (TPSA) is 63.7 Å². The number of hydrogen-bond donors (Lipinski definition) is 0. The zero-order chi connectivity index (χ0) is 19.8. The summed E-state index contributed by atoms with van der Waals surface area (Å²) in [4.78, 5) is 4.68. The van der Waals surface area contributed by atoms with E-state index in [-0.39, 0.29) is 0 Å². The van der Waals surface area contributed by atoms with Gasteiger partial charge in [0.25, 0.3) is 0 Å². The predicted octanol–water partition coefficient (Wildman–Crippen LogP) is 5.10. The molecule has 0 saturated heterocycles. The van der Waals surface area contributed by atoms with Crippen LogP contribution in [-0.2, 0) is 6.54 Å². The average molecular weight is 370 g/mol. The molecule has 2 aromatic carbocycles. The van der Waals surface area contributed by atoms with Gasteiger partial charge in [0.15, 0.2) is 0 Å². The van der Waals surface area contributed by atoms with E-state index in [1.807, 2.05) is 48.1 Å². The minimum atomic E-state index is 0.463. The molecule has 0 N–H and O–H groups in total. The first-order chi connectivity index (χ1) is 13.5. The molecular formula is C23H22N4O. The monoisotopic (exact) mass is 370 g/mol. The third-order valence-electron chi connectivity index (χ3n) is 4.93. The van der Waals surface area contributed by atoms with Gasteiger partial charge in [0.05, 0.1) is 36.0 Å². The Morgan fingerprint density at radius 2 is 1.93 bits per heavy atom. The van der Waals surface area contributed by atoms with Crippen LogP contribution in [0.5, 0.6) is 5.75 Å². The highest BCUT2D eigenvalue weighted by Crippen LogP contribution is 2.36. The van der Waals surface area contributed by atoms with Crippen LogP contribution in [0.3, 0.4) is 0 Å². The first-order valence-corrected chi connectivity index (χ1v) is 9.36. The highest BCUT2D eigenvalue weighted by atomic mass is 16.5. The maximum Gasteiger partial charge on any atom is 0.123 e. The highest BCUT2D eigenvalue weighted by molar-refractivity contribution is 6.11. The molecular weight excluding hydrogens is 348 g/mol. The van der Waals surface area contributed by atoms with Gasteiger partial charge in [-0.25, -0.2) is 0 Å². The lowest BCUT2D eigenvalue weighted by Gasteiger charge is -2.09. The van der Waals surface area contributed by atoms with E-state index in [1.165, 1.54) is 0 Å². The van der Waals surface area contributed by atoms with Crippen LogP contribution in [0.1, 0.15) is 25.0 Å². The van der Waals surface area contributed by atoms with Crippen LogP contribution < -0.4 is 4.74 Å². The highest BCUT2D eigenvalue weighted by Gasteiger charge is 2.18. The van der Waals surface area contributed by atoms with E-state index < -0.39 is 0 Å². The van der Waals surface area contributed by atoms with Gasteiger partial charge in [0.1, 0.15) is 11.4 Å². The second-order valence-corrected chi connectivity index (χ2v) is 7.47. The molecule has 0 saturated carbocycles. The lowest BCUT2D eigenvalue weighted by molar-refractivity contribution is 0.412. The van der Waals surface area contributed by atoms with Crippen molar-refractivity contribution in [3.63, 3.8) is 0 Å².